The van der Waals surface area contributed by atoms with E-state index in [-0.39, 0.29) is 0 Å². The molecular weight excluding hydrogens is 402 g/mol. The van der Waals surface area contributed by atoms with Crippen molar-refractivity contribution in [2.24, 2.45) is 10.2 Å². The predicted octanol–water partition coefficient (Wildman–Crippen LogP) is 4.57. The summed E-state index contributed by atoms with van der Waals surface area (Å²) in [6, 6.07) is 16.1. The van der Waals surface area contributed by atoms with E-state index in [1.807, 2.05) is 30.5 Å². The lowest BCUT2D eigenvalue weighted by Gasteiger charge is -2.31. The van der Waals surface area contributed by atoms with Crippen molar-refractivity contribution in [3.8, 4) is 11.5 Å². The number of rotatable bonds is 7. The fourth-order valence-corrected chi connectivity index (χ4v) is 4.06. The van der Waals surface area contributed by atoms with Gasteiger partial charge in [0.05, 0.1) is 39.9 Å². The summed E-state index contributed by atoms with van der Waals surface area (Å²) in [6.07, 6.45) is 7.82. The van der Waals surface area contributed by atoms with E-state index in [2.05, 4.69) is 45.4 Å². The largest absolute Gasteiger partial charge is 0.497 e. The number of hydrogen-bond acceptors (Lipinski definition) is 6. The van der Waals surface area contributed by atoms with Crippen molar-refractivity contribution in [1.82, 2.24) is 4.90 Å². The van der Waals surface area contributed by atoms with E-state index in [1.165, 1.54) is 22.4 Å². The molecule has 0 amide bonds. The lowest BCUT2D eigenvalue weighted by atomic mass is 10.1. The molecule has 1 saturated heterocycles. The van der Waals surface area contributed by atoms with Crippen molar-refractivity contribution in [1.29, 1.82) is 0 Å². The van der Waals surface area contributed by atoms with Crippen LogP contribution < -0.4 is 9.47 Å². The number of methoxy groups -OCH3 is 2. The molecule has 4 rings (SSSR count). The van der Waals surface area contributed by atoms with Gasteiger partial charge in [-0.15, -0.1) is 0 Å². The predicted molar refractivity (Wildman–Crippen MR) is 129 cm³/mol. The quantitative estimate of drug-likeness (QED) is 0.476. The molecule has 0 radical (unpaired) electrons. The van der Waals surface area contributed by atoms with Gasteiger partial charge in [0.2, 0.25) is 0 Å². The van der Waals surface area contributed by atoms with Gasteiger partial charge in [0, 0.05) is 24.4 Å². The SMILES string of the molecule is COc1ccc(OC)c(C=NN=CC2=C(N3CCOCC3)C(=Cc3ccccc3)CC2)c1. The molecule has 0 saturated carbocycles. The molecule has 0 N–H and O–H groups in total. The average molecular weight is 432 g/mol. The van der Waals surface area contributed by atoms with Crippen LogP contribution in [0.25, 0.3) is 6.08 Å². The highest BCUT2D eigenvalue weighted by atomic mass is 16.5. The summed E-state index contributed by atoms with van der Waals surface area (Å²) in [7, 11) is 3.28. The van der Waals surface area contributed by atoms with Crippen molar-refractivity contribution in [3.05, 3.63) is 76.5 Å². The zero-order chi connectivity index (χ0) is 22.2. The first-order chi connectivity index (χ1) is 15.8. The van der Waals surface area contributed by atoms with Crippen LogP contribution in [0.5, 0.6) is 11.5 Å². The summed E-state index contributed by atoms with van der Waals surface area (Å²) in [5.41, 5.74) is 5.87. The first-order valence-corrected chi connectivity index (χ1v) is 10.9. The van der Waals surface area contributed by atoms with Gasteiger partial charge in [0.25, 0.3) is 0 Å². The molecule has 2 aliphatic rings. The Labute approximate surface area is 189 Å². The smallest absolute Gasteiger partial charge is 0.127 e. The van der Waals surface area contributed by atoms with E-state index in [0.717, 1.165) is 56.2 Å². The Morgan fingerprint density at radius 2 is 1.69 bits per heavy atom. The Morgan fingerprint density at radius 1 is 0.906 bits per heavy atom. The molecule has 32 heavy (non-hydrogen) atoms. The van der Waals surface area contributed by atoms with Crippen LogP contribution in [0.1, 0.15) is 24.0 Å². The maximum atomic E-state index is 5.57. The number of ether oxygens (including phenoxy) is 3. The Hall–Kier alpha value is -3.38. The maximum Gasteiger partial charge on any atom is 0.127 e. The molecule has 1 aliphatic carbocycles. The van der Waals surface area contributed by atoms with Crippen LogP contribution in [-0.4, -0.2) is 57.9 Å². The van der Waals surface area contributed by atoms with Gasteiger partial charge in [-0.05, 0) is 53.8 Å². The van der Waals surface area contributed by atoms with E-state index in [1.54, 1.807) is 20.4 Å². The van der Waals surface area contributed by atoms with Crippen LogP contribution >= 0.6 is 0 Å². The molecule has 166 valence electrons. The Kier molecular flexibility index (Phi) is 7.35. The summed E-state index contributed by atoms with van der Waals surface area (Å²) in [5.74, 6) is 1.48. The van der Waals surface area contributed by atoms with Crippen molar-refractivity contribution in [2.45, 2.75) is 12.8 Å². The molecule has 0 bridgehead atoms. The monoisotopic (exact) mass is 431 g/mol. The maximum absolute atomic E-state index is 5.57. The van der Waals surface area contributed by atoms with Crippen LogP contribution in [0.2, 0.25) is 0 Å². The topological polar surface area (TPSA) is 55.7 Å². The van der Waals surface area contributed by atoms with Crippen LogP contribution in [0.15, 0.2) is 75.6 Å². The minimum Gasteiger partial charge on any atom is -0.497 e. The number of allylic oxidation sites excluding steroid dienone is 2. The van der Waals surface area contributed by atoms with E-state index < -0.39 is 0 Å². The molecule has 1 heterocycles. The van der Waals surface area contributed by atoms with Gasteiger partial charge in [0.15, 0.2) is 0 Å². The summed E-state index contributed by atoms with van der Waals surface area (Å²) in [4.78, 5) is 2.42. The first-order valence-electron chi connectivity index (χ1n) is 10.9. The van der Waals surface area contributed by atoms with Crippen LogP contribution in [0, 0.1) is 0 Å². The van der Waals surface area contributed by atoms with Gasteiger partial charge in [-0.2, -0.15) is 10.2 Å². The fraction of sp³-hybridized carbons (Fsp3) is 0.308. The normalized spacial score (nSPS) is 18.3. The second-order valence-corrected chi connectivity index (χ2v) is 7.65. The summed E-state index contributed by atoms with van der Waals surface area (Å²) in [6.45, 7) is 3.28. The van der Waals surface area contributed by atoms with Gasteiger partial charge in [0.1, 0.15) is 11.5 Å². The number of nitrogens with zero attached hydrogens (tertiary/aromatic N) is 3. The molecule has 1 fully saturated rings. The molecule has 0 spiro atoms. The number of benzene rings is 2. The minimum absolute atomic E-state index is 0.729. The van der Waals surface area contributed by atoms with E-state index >= 15 is 0 Å². The van der Waals surface area contributed by atoms with Gasteiger partial charge in [-0.1, -0.05) is 30.3 Å². The van der Waals surface area contributed by atoms with Crippen LogP contribution in [0.3, 0.4) is 0 Å². The highest BCUT2D eigenvalue weighted by Gasteiger charge is 2.25. The fourth-order valence-electron chi connectivity index (χ4n) is 4.06. The molecule has 6 heteroatoms. The lowest BCUT2D eigenvalue weighted by molar-refractivity contribution is 0.0548. The molecule has 0 unspecified atom stereocenters. The number of hydrogen-bond donors (Lipinski definition) is 0. The number of morpholine rings is 1. The third-order valence-corrected chi connectivity index (χ3v) is 5.65. The molecule has 2 aromatic rings. The third-order valence-electron chi connectivity index (χ3n) is 5.65. The molecular formula is C26H29N3O3. The molecule has 0 aromatic heterocycles. The molecule has 0 atom stereocenters. The minimum atomic E-state index is 0.729. The highest BCUT2D eigenvalue weighted by molar-refractivity contribution is 5.87. The van der Waals surface area contributed by atoms with Crippen molar-refractivity contribution in [3.63, 3.8) is 0 Å². The van der Waals surface area contributed by atoms with Gasteiger partial charge in [-0.3, -0.25) is 0 Å². The molecule has 1 aliphatic heterocycles. The average Bonchev–Trinajstić information content (AvgIpc) is 3.25. The Balaban J connectivity index is 1.59. The third kappa shape index (κ3) is 5.26. The molecule has 2 aromatic carbocycles. The van der Waals surface area contributed by atoms with Crippen molar-refractivity contribution >= 4 is 18.5 Å². The van der Waals surface area contributed by atoms with Gasteiger partial charge >= 0.3 is 0 Å². The molecule has 6 nitrogen and oxygen atoms in total. The highest BCUT2D eigenvalue weighted by Crippen LogP contribution is 2.35. The zero-order valence-electron chi connectivity index (χ0n) is 18.7. The standard InChI is InChI=1S/C26H29N3O3/c1-30-24-10-11-25(31-2)23(17-24)19-28-27-18-22-9-8-21(16-20-6-4-3-5-7-20)26(22)29-12-14-32-15-13-29/h3-7,10-11,16-19H,8-9,12-15H2,1-2H3. The van der Waals surface area contributed by atoms with Crippen LogP contribution in [-0.2, 0) is 4.74 Å². The lowest BCUT2D eigenvalue weighted by Crippen LogP contribution is -2.36. The first kappa shape index (κ1) is 21.8. The van der Waals surface area contributed by atoms with E-state index in [9.17, 15) is 0 Å². The summed E-state index contributed by atoms with van der Waals surface area (Å²) in [5, 5.41) is 8.66. The van der Waals surface area contributed by atoms with E-state index in [0.29, 0.717) is 0 Å². The second-order valence-electron chi connectivity index (χ2n) is 7.65. The zero-order valence-corrected chi connectivity index (χ0v) is 18.7. The second kappa shape index (κ2) is 10.8. The summed E-state index contributed by atoms with van der Waals surface area (Å²) >= 11 is 0. The van der Waals surface area contributed by atoms with Gasteiger partial charge < -0.3 is 19.1 Å². The van der Waals surface area contributed by atoms with E-state index in [4.69, 9.17) is 14.2 Å². The Morgan fingerprint density at radius 3 is 2.44 bits per heavy atom. The summed E-state index contributed by atoms with van der Waals surface area (Å²) < 4.78 is 16.3. The Bertz CT molecular complexity index is 1040. The van der Waals surface area contributed by atoms with Gasteiger partial charge in [-0.25, -0.2) is 0 Å². The van der Waals surface area contributed by atoms with Crippen LogP contribution in [0.4, 0.5) is 0 Å². The van der Waals surface area contributed by atoms with Crippen molar-refractivity contribution in [2.75, 3.05) is 40.5 Å². The van der Waals surface area contributed by atoms with Crippen molar-refractivity contribution < 1.29 is 14.2 Å².